The molecular weight excluding hydrogens is 357 g/mol. The van der Waals surface area contributed by atoms with Gasteiger partial charge in [0.05, 0.1) is 12.6 Å². The van der Waals surface area contributed by atoms with Crippen LogP contribution in [-0.2, 0) is 17.9 Å². The van der Waals surface area contributed by atoms with Crippen molar-refractivity contribution in [2.45, 2.75) is 19.1 Å². The van der Waals surface area contributed by atoms with Gasteiger partial charge in [0.25, 0.3) is 0 Å². The molecule has 1 aromatic carbocycles. The van der Waals surface area contributed by atoms with Crippen molar-refractivity contribution in [1.82, 2.24) is 25.4 Å². The summed E-state index contributed by atoms with van der Waals surface area (Å²) in [5, 5.41) is 10.3. The number of nitrogens with one attached hydrogen (secondary N) is 2. The van der Waals surface area contributed by atoms with E-state index in [-0.39, 0.29) is 36.8 Å². The Kier molecular flexibility index (Phi) is 8.40. The van der Waals surface area contributed by atoms with Gasteiger partial charge in [-0.1, -0.05) is 24.3 Å². The van der Waals surface area contributed by atoms with Crippen molar-refractivity contribution >= 4 is 42.5 Å². The van der Waals surface area contributed by atoms with Crippen molar-refractivity contribution in [3.63, 3.8) is 0 Å². The van der Waals surface area contributed by atoms with Gasteiger partial charge in [-0.25, -0.2) is 9.67 Å². The summed E-state index contributed by atoms with van der Waals surface area (Å²) >= 11 is 1.75. The second-order valence-corrected chi connectivity index (χ2v) is 5.88. The van der Waals surface area contributed by atoms with Crippen LogP contribution in [0.15, 0.2) is 36.9 Å². The zero-order valence-corrected chi connectivity index (χ0v) is 14.8. The number of hydrogen-bond acceptors (Lipinski definition) is 5. The molecule has 0 spiro atoms. The zero-order chi connectivity index (χ0) is 14.5. The van der Waals surface area contributed by atoms with Gasteiger partial charge in [-0.15, -0.1) is 36.6 Å². The van der Waals surface area contributed by atoms with Crippen molar-refractivity contribution in [1.29, 1.82) is 0 Å². The van der Waals surface area contributed by atoms with Crippen molar-refractivity contribution in [2.75, 3.05) is 11.6 Å². The van der Waals surface area contributed by atoms with Crippen LogP contribution in [0.2, 0.25) is 0 Å². The van der Waals surface area contributed by atoms with Gasteiger partial charge in [-0.05, 0) is 11.1 Å². The Morgan fingerprint density at radius 2 is 2.13 bits per heavy atom. The van der Waals surface area contributed by atoms with Crippen molar-refractivity contribution in [3.05, 3.63) is 48.0 Å². The lowest BCUT2D eigenvalue weighted by Crippen LogP contribution is -2.41. The van der Waals surface area contributed by atoms with E-state index < -0.39 is 0 Å². The van der Waals surface area contributed by atoms with Crippen LogP contribution in [0.5, 0.6) is 0 Å². The maximum Gasteiger partial charge on any atom is 0.238 e. The number of amides is 1. The van der Waals surface area contributed by atoms with Crippen molar-refractivity contribution < 1.29 is 4.79 Å². The number of halogens is 2. The minimum absolute atomic E-state index is 0. The average Bonchev–Trinajstić information content (AvgIpc) is 3.19. The van der Waals surface area contributed by atoms with Crippen LogP contribution in [0.1, 0.15) is 11.1 Å². The van der Waals surface area contributed by atoms with Crippen LogP contribution in [0.25, 0.3) is 0 Å². The largest absolute Gasteiger partial charge is 0.351 e. The minimum Gasteiger partial charge on any atom is -0.351 e. The fraction of sp³-hybridized carbons (Fsp3) is 0.357. The number of hydrogen-bond donors (Lipinski definition) is 2. The molecule has 1 amide bonds. The molecule has 1 unspecified atom stereocenters. The Morgan fingerprint density at radius 1 is 1.35 bits per heavy atom. The first-order valence-electron chi connectivity index (χ1n) is 6.81. The monoisotopic (exact) mass is 375 g/mol. The fourth-order valence-electron chi connectivity index (χ4n) is 2.24. The lowest BCUT2D eigenvalue weighted by Gasteiger charge is -2.13. The van der Waals surface area contributed by atoms with E-state index in [0.29, 0.717) is 13.1 Å². The maximum atomic E-state index is 12.0. The van der Waals surface area contributed by atoms with Gasteiger partial charge in [0.15, 0.2) is 0 Å². The number of nitrogens with zero attached hydrogens (tertiary/aromatic N) is 3. The van der Waals surface area contributed by atoms with Gasteiger partial charge in [0.1, 0.15) is 12.7 Å². The summed E-state index contributed by atoms with van der Waals surface area (Å²) in [6.45, 7) is 1.19. The Morgan fingerprint density at radius 3 is 2.78 bits per heavy atom. The molecule has 9 heteroatoms. The highest BCUT2D eigenvalue weighted by Crippen LogP contribution is 2.12. The molecule has 0 saturated carbocycles. The van der Waals surface area contributed by atoms with E-state index in [0.717, 1.165) is 22.8 Å². The standard InChI is InChI=1S/C14H17N5OS.2ClH/c20-14(13-7-21-10-17-13)16-5-11-3-1-2-4-12(11)6-19-9-15-8-18-19;;/h1-4,8-9,13,17H,5-7,10H2,(H,16,20);2*1H. The second-order valence-electron chi connectivity index (χ2n) is 4.85. The van der Waals surface area contributed by atoms with E-state index in [9.17, 15) is 4.79 Å². The topological polar surface area (TPSA) is 71.8 Å². The molecule has 0 radical (unpaired) electrons. The molecule has 126 valence electrons. The van der Waals surface area contributed by atoms with E-state index in [2.05, 4.69) is 20.7 Å². The average molecular weight is 376 g/mol. The number of benzene rings is 1. The lowest BCUT2D eigenvalue weighted by atomic mass is 10.1. The summed E-state index contributed by atoms with van der Waals surface area (Å²) in [4.78, 5) is 16.0. The highest BCUT2D eigenvalue weighted by Gasteiger charge is 2.22. The molecule has 1 atom stereocenters. The Labute approximate surface area is 151 Å². The molecule has 2 heterocycles. The summed E-state index contributed by atoms with van der Waals surface area (Å²) in [6, 6.07) is 7.98. The third kappa shape index (κ3) is 5.39. The van der Waals surface area contributed by atoms with Crippen LogP contribution < -0.4 is 10.6 Å². The quantitative estimate of drug-likeness (QED) is 0.827. The van der Waals surface area contributed by atoms with Crippen LogP contribution in [0, 0.1) is 0 Å². The predicted molar refractivity (Wildman–Crippen MR) is 96.2 cm³/mol. The molecule has 0 aliphatic carbocycles. The third-order valence-corrected chi connectivity index (χ3v) is 4.34. The van der Waals surface area contributed by atoms with E-state index >= 15 is 0 Å². The van der Waals surface area contributed by atoms with E-state index in [4.69, 9.17) is 0 Å². The molecular formula is C14H19Cl2N5OS. The Hall–Kier alpha value is -1.28. The summed E-state index contributed by atoms with van der Waals surface area (Å²) in [5.41, 5.74) is 2.24. The second kappa shape index (κ2) is 9.77. The van der Waals surface area contributed by atoms with E-state index in [1.807, 2.05) is 24.3 Å². The Bertz CT molecular complexity index is 605. The fourth-order valence-corrected chi connectivity index (χ4v) is 3.18. The van der Waals surface area contributed by atoms with Gasteiger partial charge < -0.3 is 5.32 Å². The maximum absolute atomic E-state index is 12.0. The van der Waals surface area contributed by atoms with Crippen LogP contribution >= 0.6 is 36.6 Å². The van der Waals surface area contributed by atoms with Gasteiger partial charge in [-0.2, -0.15) is 5.10 Å². The van der Waals surface area contributed by atoms with E-state index in [1.165, 1.54) is 6.33 Å². The summed E-state index contributed by atoms with van der Waals surface area (Å²) in [5.74, 6) is 1.75. The predicted octanol–water partition coefficient (Wildman–Crippen LogP) is 1.45. The lowest BCUT2D eigenvalue weighted by molar-refractivity contribution is -0.122. The van der Waals surface area contributed by atoms with Crippen molar-refractivity contribution in [3.8, 4) is 0 Å². The highest BCUT2D eigenvalue weighted by molar-refractivity contribution is 7.99. The van der Waals surface area contributed by atoms with Crippen LogP contribution in [-0.4, -0.2) is 38.3 Å². The first-order valence-corrected chi connectivity index (χ1v) is 7.96. The molecule has 0 bridgehead atoms. The van der Waals surface area contributed by atoms with Gasteiger partial charge >= 0.3 is 0 Å². The SMILES string of the molecule is Cl.Cl.O=C(NCc1ccccc1Cn1cncn1)C1CSCN1. The Balaban J connectivity index is 0.00000132. The molecule has 2 N–H and O–H groups in total. The summed E-state index contributed by atoms with van der Waals surface area (Å²) in [7, 11) is 0. The van der Waals surface area contributed by atoms with Gasteiger partial charge in [0.2, 0.25) is 5.91 Å². The van der Waals surface area contributed by atoms with Gasteiger partial charge in [0, 0.05) is 18.2 Å². The normalized spacial score (nSPS) is 16.3. The number of aromatic nitrogens is 3. The van der Waals surface area contributed by atoms with Crippen LogP contribution in [0.3, 0.4) is 0 Å². The molecule has 1 aliphatic heterocycles. The molecule has 23 heavy (non-hydrogen) atoms. The molecule has 1 saturated heterocycles. The third-order valence-electron chi connectivity index (χ3n) is 3.40. The number of rotatable bonds is 5. The number of carbonyl (C=O) groups excluding carboxylic acids is 1. The molecule has 6 nitrogen and oxygen atoms in total. The zero-order valence-electron chi connectivity index (χ0n) is 12.3. The molecule has 1 fully saturated rings. The van der Waals surface area contributed by atoms with Gasteiger partial charge in [-0.3, -0.25) is 10.1 Å². The smallest absolute Gasteiger partial charge is 0.238 e. The molecule has 2 aromatic rings. The molecule has 3 rings (SSSR count). The highest BCUT2D eigenvalue weighted by atomic mass is 35.5. The van der Waals surface area contributed by atoms with Crippen LogP contribution in [0.4, 0.5) is 0 Å². The van der Waals surface area contributed by atoms with E-state index in [1.54, 1.807) is 22.8 Å². The molecule has 1 aliphatic rings. The number of carbonyl (C=O) groups is 1. The number of thioether (sulfide) groups is 1. The first-order chi connectivity index (χ1) is 10.3. The minimum atomic E-state index is -0.0718. The summed E-state index contributed by atoms with van der Waals surface area (Å²) < 4.78 is 1.77. The first kappa shape index (κ1) is 19.8. The molecule has 1 aromatic heterocycles. The summed E-state index contributed by atoms with van der Waals surface area (Å²) in [6.07, 6.45) is 3.21. The van der Waals surface area contributed by atoms with Crippen molar-refractivity contribution in [2.24, 2.45) is 0 Å².